The van der Waals surface area contributed by atoms with Crippen molar-refractivity contribution in [1.29, 1.82) is 0 Å². The normalized spacial score (nSPS) is 25.8. The highest BCUT2D eigenvalue weighted by molar-refractivity contribution is 5.81. The van der Waals surface area contributed by atoms with Gasteiger partial charge in [0.2, 0.25) is 5.91 Å². The van der Waals surface area contributed by atoms with Gasteiger partial charge in [0, 0.05) is 26.2 Å². The maximum atomic E-state index is 12.7. The van der Waals surface area contributed by atoms with E-state index in [0.29, 0.717) is 45.1 Å². The van der Waals surface area contributed by atoms with Gasteiger partial charge in [-0.1, -0.05) is 13.8 Å². The minimum absolute atomic E-state index is 0.107. The van der Waals surface area contributed by atoms with Crippen LogP contribution in [0.4, 0.5) is 4.79 Å². The van der Waals surface area contributed by atoms with Crippen LogP contribution in [0.25, 0.3) is 0 Å². The summed E-state index contributed by atoms with van der Waals surface area (Å²) in [5, 5.41) is 0. The standard InChI is InChI=1S/C17H30N2O4/c1-12(2)14-11-18(8-9-22-14)15(20)13-6-7-19(10-13)16(21)23-17(3,4)5/h12-14H,6-11H2,1-5H3/t13-,14-/m0/s1. The monoisotopic (exact) mass is 326 g/mol. The first kappa shape index (κ1) is 18.0. The lowest BCUT2D eigenvalue weighted by Gasteiger charge is -2.36. The van der Waals surface area contributed by atoms with Gasteiger partial charge in [0.05, 0.1) is 18.6 Å². The van der Waals surface area contributed by atoms with Crippen LogP contribution >= 0.6 is 0 Å². The van der Waals surface area contributed by atoms with E-state index in [4.69, 9.17) is 9.47 Å². The minimum atomic E-state index is -0.506. The van der Waals surface area contributed by atoms with Crippen LogP contribution in [0, 0.1) is 11.8 Å². The molecule has 2 heterocycles. The van der Waals surface area contributed by atoms with Gasteiger partial charge in [0.25, 0.3) is 0 Å². The second kappa shape index (κ2) is 7.07. The van der Waals surface area contributed by atoms with Crippen molar-refractivity contribution >= 4 is 12.0 Å². The Bertz CT molecular complexity index is 444. The third-order valence-electron chi connectivity index (χ3n) is 4.34. The molecule has 0 N–H and O–H groups in total. The van der Waals surface area contributed by atoms with Crippen molar-refractivity contribution in [3.05, 3.63) is 0 Å². The molecule has 2 fully saturated rings. The fourth-order valence-corrected chi connectivity index (χ4v) is 2.99. The smallest absolute Gasteiger partial charge is 0.410 e. The van der Waals surface area contributed by atoms with E-state index in [1.165, 1.54) is 0 Å². The Kier molecular flexibility index (Phi) is 5.55. The summed E-state index contributed by atoms with van der Waals surface area (Å²) in [5.74, 6) is 0.422. The van der Waals surface area contributed by atoms with Gasteiger partial charge in [0.15, 0.2) is 0 Å². The molecule has 0 spiro atoms. The quantitative estimate of drug-likeness (QED) is 0.780. The summed E-state index contributed by atoms with van der Waals surface area (Å²) in [6.45, 7) is 12.7. The van der Waals surface area contributed by atoms with Crippen LogP contribution in [0.2, 0.25) is 0 Å². The lowest BCUT2D eigenvalue weighted by molar-refractivity contribution is -0.144. The first-order valence-corrected chi connectivity index (χ1v) is 8.55. The van der Waals surface area contributed by atoms with E-state index in [-0.39, 0.29) is 24.0 Å². The second-order valence-electron chi connectivity index (χ2n) is 7.85. The van der Waals surface area contributed by atoms with Crippen LogP contribution in [0.15, 0.2) is 0 Å². The second-order valence-corrected chi connectivity index (χ2v) is 7.85. The van der Waals surface area contributed by atoms with Gasteiger partial charge in [-0.2, -0.15) is 0 Å². The highest BCUT2D eigenvalue weighted by atomic mass is 16.6. The van der Waals surface area contributed by atoms with Crippen molar-refractivity contribution in [2.24, 2.45) is 11.8 Å². The van der Waals surface area contributed by atoms with E-state index >= 15 is 0 Å². The minimum Gasteiger partial charge on any atom is -0.444 e. The zero-order chi connectivity index (χ0) is 17.2. The van der Waals surface area contributed by atoms with Crippen LogP contribution in [0.3, 0.4) is 0 Å². The largest absolute Gasteiger partial charge is 0.444 e. The predicted octanol–water partition coefficient (Wildman–Crippen LogP) is 2.13. The van der Waals surface area contributed by atoms with Crippen molar-refractivity contribution in [1.82, 2.24) is 9.80 Å². The molecule has 0 saturated carbocycles. The summed E-state index contributed by atoms with van der Waals surface area (Å²) in [5.41, 5.74) is -0.506. The molecule has 0 aromatic heterocycles. The Morgan fingerprint density at radius 2 is 1.83 bits per heavy atom. The highest BCUT2D eigenvalue weighted by Gasteiger charge is 2.37. The van der Waals surface area contributed by atoms with Crippen molar-refractivity contribution in [2.75, 3.05) is 32.8 Å². The van der Waals surface area contributed by atoms with E-state index in [2.05, 4.69) is 13.8 Å². The van der Waals surface area contributed by atoms with Gasteiger partial charge in [-0.3, -0.25) is 4.79 Å². The first-order chi connectivity index (χ1) is 10.7. The lowest BCUT2D eigenvalue weighted by Crippen LogP contribution is -2.49. The fourth-order valence-electron chi connectivity index (χ4n) is 2.99. The van der Waals surface area contributed by atoms with Crippen LogP contribution in [-0.2, 0) is 14.3 Å². The summed E-state index contributed by atoms with van der Waals surface area (Å²) in [4.78, 5) is 28.4. The molecule has 0 unspecified atom stereocenters. The molecule has 0 radical (unpaired) electrons. The Balaban J connectivity index is 1.88. The van der Waals surface area contributed by atoms with Crippen molar-refractivity contribution in [3.63, 3.8) is 0 Å². The molecule has 0 bridgehead atoms. The number of carbonyl (C=O) groups excluding carboxylic acids is 2. The number of hydrogen-bond donors (Lipinski definition) is 0. The van der Waals surface area contributed by atoms with Gasteiger partial charge in [-0.05, 0) is 33.1 Å². The molecular weight excluding hydrogens is 296 g/mol. The van der Waals surface area contributed by atoms with Crippen molar-refractivity contribution < 1.29 is 19.1 Å². The Labute approximate surface area is 139 Å². The Morgan fingerprint density at radius 3 is 2.43 bits per heavy atom. The van der Waals surface area contributed by atoms with E-state index in [0.717, 1.165) is 0 Å². The number of ether oxygens (including phenoxy) is 2. The van der Waals surface area contributed by atoms with Crippen molar-refractivity contribution in [2.45, 2.75) is 52.7 Å². The van der Waals surface area contributed by atoms with Gasteiger partial charge in [0.1, 0.15) is 5.60 Å². The number of rotatable bonds is 2. The zero-order valence-corrected chi connectivity index (χ0v) is 15.0. The molecule has 2 atom stereocenters. The Hall–Kier alpha value is -1.30. The molecule has 6 nitrogen and oxygen atoms in total. The molecule has 0 aliphatic carbocycles. The summed E-state index contributed by atoms with van der Waals surface area (Å²) in [6, 6.07) is 0. The molecule has 2 aliphatic heterocycles. The third kappa shape index (κ3) is 4.83. The van der Waals surface area contributed by atoms with Gasteiger partial charge < -0.3 is 19.3 Å². The first-order valence-electron chi connectivity index (χ1n) is 8.55. The van der Waals surface area contributed by atoms with E-state index in [9.17, 15) is 9.59 Å². The highest BCUT2D eigenvalue weighted by Crippen LogP contribution is 2.23. The molecule has 0 aromatic rings. The lowest BCUT2D eigenvalue weighted by atomic mass is 10.0. The molecule has 132 valence electrons. The number of likely N-dealkylation sites (tertiary alicyclic amines) is 1. The maximum Gasteiger partial charge on any atom is 0.410 e. The van der Waals surface area contributed by atoms with Crippen LogP contribution in [0.1, 0.15) is 41.0 Å². The fraction of sp³-hybridized carbons (Fsp3) is 0.882. The molecular formula is C17H30N2O4. The van der Waals surface area contributed by atoms with Gasteiger partial charge >= 0.3 is 6.09 Å². The molecule has 0 aromatic carbocycles. The number of hydrogen-bond acceptors (Lipinski definition) is 4. The number of nitrogens with zero attached hydrogens (tertiary/aromatic N) is 2. The third-order valence-corrected chi connectivity index (χ3v) is 4.34. The average molecular weight is 326 g/mol. The molecule has 6 heteroatoms. The number of morpholine rings is 1. The summed E-state index contributed by atoms with van der Waals surface area (Å²) < 4.78 is 11.1. The zero-order valence-electron chi connectivity index (χ0n) is 15.0. The van der Waals surface area contributed by atoms with Gasteiger partial charge in [-0.25, -0.2) is 4.79 Å². The van der Waals surface area contributed by atoms with Crippen molar-refractivity contribution in [3.8, 4) is 0 Å². The average Bonchev–Trinajstić information content (AvgIpc) is 2.94. The maximum absolute atomic E-state index is 12.7. The van der Waals surface area contributed by atoms with Crippen LogP contribution < -0.4 is 0 Å². The van der Waals surface area contributed by atoms with E-state index in [1.807, 2.05) is 25.7 Å². The number of amides is 2. The Morgan fingerprint density at radius 1 is 1.13 bits per heavy atom. The molecule has 2 aliphatic rings. The topological polar surface area (TPSA) is 59.1 Å². The molecule has 2 amide bonds. The van der Waals surface area contributed by atoms with Crippen LogP contribution in [0.5, 0.6) is 0 Å². The summed E-state index contributed by atoms with van der Waals surface area (Å²) in [6.07, 6.45) is 0.493. The molecule has 23 heavy (non-hydrogen) atoms. The molecule has 2 saturated heterocycles. The van der Waals surface area contributed by atoms with E-state index in [1.54, 1.807) is 4.90 Å². The summed E-state index contributed by atoms with van der Waals surface area (Å²) >= 11 is 0. The predicted molar refractivity (Wildman–Crippen MR) is 87.1 cm³/mol. The SMILES string of the molecule is CC(C)[C@@H]1CN(C(=O)[C@H]2CCN(C(=O)OC(C)(C)C)C2)CCO1. The summed E-state index contributed by atoms with van der Waals surface area (Å²) in [7, 11) is 0. The molecule has 2 rings (SSSR count). The van der Waals surface area contributed by atoms with Gasteiger partial charge in [-0.15, -0.1) is 0 Å². The van der Waals surface area contributed by atoms with Crippen LogP contribution in [-0.4, -0.2) is 66.3 Å². The van der Waals surface area contributed by atoms with E-state index < -0.39 is 5.60 Å². The number of carbonyl (C=O) groups is 2.